The molecule has 2 aromatic carbocycles. The van der Waals surface area contributed by atoms with Crippen molar-refractivity contribution in [1.29, 1.82) is 0 Å². The van der Waals surface area contributed by atoms with Gasteiger partial charge in [-0.05, 0) is 37.1 Å². The Kier molecular flexibility index (Phi) is 6.73. The normalized spacial score (nSPS) is 18.2. The zero-order valence-electron chi connectivity index (χ0n) is 19.5. The average molecular weight is 568 g/mol. The molecule has 3 aliphatic rings. The summed E-state index contributed by atoms with van der Waals surface area (Å²) >= 11 is 12.8. The summed E-state index contributed by atoms with van der Waals surface area (Å²) in [5, 5.41) is 11.7. The van der Waals surface area contributed by atoms with Gasteiger partial charge >= 0.3 is 11.9 Å². The van der Waals surface area contributed by atoms with E-state index in [2.05, 4.69) is 0 Å². The number of nitro benzene ring substituents is 1. The zero-order valence-corrected chi connectivity index (χ0v) is 21.0. The van der Waals surface area contributed by atoms with E-state index in [0.717, 1.165) is 6.07 Å². The summed E-state index contributed by atoms with van der Waals surface area (Å²) in [7, 11) is 0. The summed E-state index contributed by atoms with van der Waals surface area (Å²) in [4.78, 5) is 36.9. The Morgan fingerprint density at radius 2 is 1.55 bits per heavy atom. The second kappa shape index (κ2) is 9.74. The van der Waals surface area contributed by atoms with Crippen molar-refractivity contribution >= 4 is 40.5 Å². The highest BCUT2D eigenvalue weighted by Gasteiger charge is 2.43. The quantitative estimate of drug-likeness (QED) is 0.276. The molecule has 0 atom stereocenters. The summed E-state index contributed by atoms with van der Waals surface area (Å²) in [5.41, 5.74) is -1.46. The highest BCUT2D eigenvalue weighted by molar-refractivity contribution is 6.35. The molecule has 1 heterocycles. The van der Waals surface area contributed by atoms with E-state index in [0.29, 0.717) is 49.3 Å². The number of nitrogens with zero attached hydrogens (tertiary/aromatic N) is 1. The third-order valence-corrected chi connectivity index (χ3v) is 7.18. The fourth-order valence-corrected chi connectivity index (χ4v) is 5.61. The van der Waals surface area contributed by atoms with Gasteiger partial charge in [0, 0.05) is 53.5 Å². The van der Waals surface area contributed by atoms with Crippen LogP contribution in [0.15, 0.2) is 53.0 Å². The lowest BCUT2D eigenvalue weighted by molar-refractivity contribution is -0.385. The zero-order chi connectivity index (χ0) is 27.4. The number of rotatable bonds is 4. The molecule has 0 bridgehead atoms. The number of Topliss-reactive ketones (excluding diaryl/α,β-unsaturated/α-hetero) is 2. The van der Waals surface area contributed by atoms with Gasteiger partial charge in [-0.2, -0.15) is 13.2 Å². The second-order valence-corrected chi connectivity index (χ2v) is 9.95. The smallest absolute Gasteiger partial charge is 0.416 e. The number of hydrogen-bond acceptors (Lipinski definition) is 6. The minimum Gasteiger partial charge on any atom is -0.465 e. The Balaban J connectivity index is 1.71. The minimum absolute atomic E-state index is 0.107. The molecule has 2 aromatic rings. The van der Waals surface area contributed by atoms with Gasteiger partial charge in [0.15, 0.2) is 17.3 Å². The highest BCUT2D eigenvalue weighted by atomic mass is 35.5. The molecule has 0 radical (unpaired) electrons. The number of alkyl halides is 3. The van der Waals surface area contributed by atoms with Gasteiger partial charge in [-0.3, -0.25) is 19.7 Å². The molecular weight excluding hydrogens is 550 g/mol. The SMILES string of the molecule is O=C1CCCC2=C1C(c1cc(Cl)cc(Cl)c1Oc1ccc(C(F)(F)F)cc1[N+](=O)[O-])C1=C(CCCC1=O)O2. The van der Waals surface area contributed by atoms with Crippen LogP contribution in [0.1, 0.15) is 55.6 Å². The van der Waals surface area contributed by atoms with Gasteiger partial charge < -0.3 is 9.47 Å². The summed E-state index contributed by atoms with van der Waals surface area (Å²) in [6.45, 7) is 0. The Bertz CT molecular complexity index is 1420. The van der Waals surface area contributed by atoms with Crippen LogP contribution in [0, 0.1) is 10.1 Å². The Morgan fingerprint density at radius 1 is 0.947 bits per heavy atom. The van der Waals surface area contributed by atoms with E-state index in [1.54, 1.807) is 0 Å². The maximum atomic E-state index is 13.2. The fourth-order valence-electron chi connectivity index (χ4n) is 5.06. The largest absolute Gasteiger partial charge is 0.465 e. The standard InChI is InChI=1S/C26H18Cl2F3NO6/c27-13-10-14(22-23-17(33)3-1-5-20(23)37-21-6-2-4-18(34)24(21)22)25(15(28)11-13)38-19-8-7-12(26(29,30)31)9-16(19)32(35)36/h7-11,22H,1-6H2. The predicted molar refractivity (Wildman–Crippen MR) is 130 cm³/mol. The van der Waals surface area contributed by atoms with E-state index in [1.807, 2.05) is 0 Å². The first-order valence-corrected chi connectivity index (χ1v) is 12.4. The number of allylic oxidation sites excluding steroid dienone is 4. The molecule has 0 saturated heterocycles. The van der Waals surface area contributed by atoms with Crippen LogP contribution in [0.2, 0.25) is 10.0 Å². The van der Waals surface area contributed by atoms with Gasteiger partial charge in [0.25, 0.3) is 0 Å². The first kappa shape index (κ1) is 26.2. The van der Waals surface area contributed by atoms with Crippen LogP contribution in [0.3, 0.4) is 0 Å². The number of ether oxygens (including phenoxy) is 2. The van der Waals surface area contributed by atoms with Crippen LogP contribution in [-0.4, -0.2) is 16.5 Å². The van der Waals surface area contributed by atoms with Crippen molar-refractivity contribution in [2.75, 3.05) is 0 Å². The van der Waals surface area contributed by atoms with Gasteiger partial charge in [-0.25, -0.2) is 0 Å². The van der Waals surface area contributed by atoms with Crippen molar-refractivity contribution in [3.8, 4) is 11.5 Å². The van der Waals surface area contributed by atoms with Crippen LogP contribution in [-0.2, 0) is 20.5 Å². The van der Waals surface area contributed by atoms with Crippen LogP contribution >= 0.6 is 23.2 Å². The summed E-state index contributed by atoms with van der Waals surface area (Å²) in [6, 6.07) is 4.58. The number of nitro groups is 1. The summed E-state index contributed by atoms with van der Waals surface area (Å²) in [5.74, 6) is -1.24. The maximum absolute atomic E-state index is 13.2. The van der Waals surface area contributed by atoms with Crippen molar-refractivity contribution < 1.29 is 37.2 Å². The molecule has 2 aliphatic carbocycles. The molecule has 38 heavy (non-hydrogen) atoms. The van der Waals surface area contributed by atoms with Crippen LogP contribution in [0.5, 0.6) is 11.5 Å². The Labute approximate surface area is 224 Å². The van der Waals surface area contributed by atoms with E-state index < -0.39 is 34.0 Å². The van der Waals surface area contributed by atoms with Crippen molar-refractivity contribution in [3.05, 3.63) is 84.3 Å². The number of halogens is 5. The Morgan fingerprint density at radius 3 is 2.11 bits per heavy atom. The topological polar surface area (TPSA) is 95.7 Å². The van der Waals surface area contributed by atoms with Gasteiger partial charge in [0.2, 0.25) is 5.75 Å². The first-order chi connectivity index (χ1) is 18.0. The monoisotopic (exact) mass is 567 g/mol. The molecule has 12 heteroatoms. The van der Waals surface area contributed by atoms with Crippen molar-refractivity contribution in [3.63, 3.8) is 0 Å². The molecule has 0 N–H and O–H groups in total. The molecule has 0 unspecified atom stereocenters. The molecule has 0 amide bonds. The lowest BCUT2D eigenvalue weighted by atomic mass is 9.73. The van der Waals surface area contributed by atoms with E-state index >= 15 is 0 Å². The number of hydrogen-bond donors (Lipinski definition) is 0. The minimum atomic E-state index is -4.82. The first-order valence-electron chi connectivity index (χ1n) is 11.7. The van der Waals surface area contributed by atoms with Crippen molar-refractivity contribution in [2.24, 2.45) is 0 Å². The second-order valence-electron chi connectivity index (χ2n) is 9.11. The number of benzene rings is 2. The molecule has 0 aromatic heterocycles. The maximum Gasteiger partial charge on any atom is 0.416 e. The lowest BCUT2D eigenvalue weighted by Gasteiger charge is -2.36. The van der Waals surface area contributed by atoms with E-state index in [9.17, 15) is 32.9 Å². The van der Waals surface area contributed by atoms with Crippen LogP contribution in [0.25, 0.3) is 0 Å². The van der Waals surface area contributed by atoms with Crippen LogP contribution in [0.4, 0.5) is 18.9 Å². The van der Waals surface area contributed by atoms with Gasteiger partial charge in [0.1, 0.15) is 11.5 Å². The molecular formula is C26H18Cl2F3NO6. The van der Waals surface area contributed by atoms with Crippen molar-refractivity contribution in [2.45, 2.75) is 50.6 Å². The number of carbonyl (C=O) groups is 2. The van der Waals surface area contributed by atoms with E-state index in [1.165, 1.54) is 12.1 Å². The third kappa shape index (κ3) is 4.67. The van der Waals surface area contributed by atoms with Crippen molar-refractivity contribution in [1.82, 2.24) is 0 Å². The van der Waals surface area contributed by atoms with Gasteiger partial charge in [-0.15, -0.1) is 0 Å². The van der Waals surface area contributed by atoms with Crippen LogP contribution < -0.4 is 4.74 Å². The molecule has 1 aliphatic heterocycles. The highest BCUT2D eigenvalue weighted by Crippen LogP contribution is 2.52. The molecule has 0 spiro atoms. The predicted octanol–water partition coefficient (Wildman–Crippen LogP) is 7.84. The third-order valence-electron chi connectivity index (χ3n) is 6.68. The Hall–Kier alpha value is -3.37. The number of carbonyl (C=O) groups excluding carboxylic acids is 2. The summed E-state index contributed by atoms with van der Waals surface area (Å²) in [6.07, 6.45) is -2.29. The van der Waals surface area contributed by atoms with Gasteiger partial charge in [0.05, 0.1) is 21.4 Å². The molecule has 7 nitrogen and oxygen atoms in total. The molecule has 5 rings (SSSR count). The van der Waals surface area contributed by atoms with Gasteiger partial charge in [-0.1, -0.05) is 23.2 Å². The van der Waals surface area contributed by atoms with E-state index in [4.69, 9.17) is 32.7 Å². The average Bonchev–Trinajstić information content (AvgIpc) is 2.84. The summed E-state index contributed by atoms with van der Waals surface area (Å²) < 4.78 is 51.5. The fraction of sp³-hybridized carbons (Fsp3) is 0.308. The molecule has 0 fully saturated rings. The number of ketones is 2. The molecule has 0 saturated carbocycles. The van der Waals surface area contributed by atoms with E-state index in [-0.39, 0.29) is 56.9 Å². The lowest BCUT2D eigenvalue weighted by Crippen LogP contribution is -2.30. The molecule has 198 valence electrons.